The third kappa shape index (κ3) is 24.5. The zero-order valence-electron chi connectivity index (χ0n) is 22.5. The summed E-state index contributed by atoms with van der Waals surface area (Å²) in [6, 6.07) is 0. The van der Waals surface area contributed by atoms with Crippen LogP contribution in [0.2, 0.25) is 0 Å². The zero-order chi connectivity index (χ0) is 26.4. The Kier molecular flexibility index (Phi) is 20.5. The molecule has 8 nitrogen and oxygen atoms in total. The van der Waals surface area contributed by atoms with Crippen molar-refractivity contribution in [3.05, 3.63) is 24.3 Å². The van der Waals surface area contributed by atoms with Crippen molar-refractivity contribution in [2.75, 3.05) is 47.5 Å². The number of rotatable bonds is 23. The second-order valence-corrected chi connectivity index (χ2v) is 11.3. The van der Waals surface area contributed by atoms with Gasteiger partial charge < -0.3 is 28.3 Å². The number of aliphatic hydroxyl groups is 1. The molecule has 0 aromatic carbocycles. The predicted molar refractivity (Wildman–Crippen MR) is 139 cm³/mol. The van der Waals surface area contributed by atoms with Crippen molar-refractivity contribution in [3.63, 3.8) is 0 Å². The number of ether oxygens (including phenoxy) is 1. The van der Waals surface area contributed by atoms with Crippen molar-refractivity contribution in [2.24, 2.45) is 0 Å². The van der Waals surface area contributed by atoms with Crippen LogP contribution in [0.4, 0.5) is 0 Å². The number of hydrogen-bond donors (Lipinski definition) is 1. The lowest BCUT2D eigenvalue weighted by atomic mass is 10.1. The van der Waals surface area contributed by atoms with Crippen LogP contribution >= 0.6 is 7.82 Å². The zero-order valence-corrected chi connectivity index (χ0v) is 23.4. The molecule has 0 rings (SSSR count). The molecule has 0 saturated carbocycles. The fourth-order valence-corrected chi connectivity index (χ4v) is 3.84. The van der Waals surface area contributed by atoms with E-state index < -0.39 is 33.1 Å². The molecule has 206 valence electrons. The van der Waals surface area contributed by atoms with Gasteiger partial charge in [0.15, 0.2) is 0 Å². The molecule has 0 aliphatic carbocycles. The summed E-state index contributed by atoms with van der Waals surface area (Å²) in [5.41, 5.74) is 0. The minimum absolute atomic E-state index is 0.0193. The quantitative estimate of drug-likeness (QED) is 0.0672. The molecule has 0 radical (unpaired) electrons. The number of phosphoric ester groups is 1. The molecule has 0 bridgehead atoms. The van der Waals surface area contributed by atoms with Gasteiger partial charge in [0.05, 0.1) is 34.4 Å². The van der Waals surface area contributed by atoms with Crippen molar-refractivity contribution in [2.45, 2.75) is 90.1 Å². The van der Waals surface area contributed by atoms with Crippen LogP contribution in [-0.2, 0) is 23.1 Å². The lowest BCUT2D eigenvalue weighted by molar-refractivity contribution is -0.870. The van der Waals surface area contributed by atoms with Crippen LogP contribution in [0.1, 0.15) is 84.0 Å². The van der Waals surface area contributed by atoms with Crippen LogP contribution in [0.3, 0.4) is 0 Å². The smallest absolute Gasteiger partial charge is 0.306 e. The molecule has 2 atom stereocenters. The Bertz CT molecular complexity index is 632. The average molecular weight is 520 g/mol. The fraction of sp³-hybridized carbons (Fsp3) is 0.808. The van der Waals surface area contributed by atoms with Crippen molar-refractivity contribution in [3.8, 4) is 0 Å². The van der Waals surface area contributed by atoms with E-state index in [0.29, 0.717) is 17.4 Å². The highest BCUT2D eigenvalue weighted by molar-refractivity contribution is 7.45. The largest absolute Gasteiger partial charge is 0.756 e. The Morgan fingerprint density at radius 2 is 1.54 bits per heavy atom. The lowest BCUT2D eigenvalue weighted by Crippen LogP contribution is -2.37. The molecule has 9 heteroatoms. The van der Waals surface area contributed by atoms with Crippen LogP contribution < -0.4 is 4.89 Å². The van der Waals surface area contributed by atoms with Gasteiger partial charge >= 0.3 is 5.97 Å². The highest BCUT2D eigenvalue weighted by Crippen LogP contribution is 2.38. The number of likely N-dealkylation sites (N-methyl/N-ethyl adjacent to an activating group) is 1. The van der Waals surface area contributed by atoms with E-state index in [1.165, 1.54) is 51.4 Å². The predicted octanol–water partition coefficient (Wildman–Crippen LogP) is 4.91. The van der Waals surface area contributed by atoms with Gasteiger partial charge in [-0.2, -0.15) is 0 Å². The van der Waals surface area contributed by atoms with E-state index in [-0.39, 0.29) is 13.0 Å². The van der Waals surface area contributed by atoms with Crippen LogP contribution in [0.25, 0.3) is 0 Å². The van der Waals surface area contributed by atoms with Crippen molar-refractivity contribution < 1.29 is 37.6 Å². The molecule has 0 aliphatic heterocycles. The number of allylic oxidation sites excluding steroid dienone is 4. The van der Waals surface area contributed by atoms with Gasteiger partial charge in [-0.3, -0.25) is 9.36 Å². The SMILES string of the molecule is CCCCCCCCCC/C=C\C/C=C\CCC(=O)OC(CO)COP(=O)([O-])OCC[N+](C)(C)C. The van der Waals surface area contributed by atoms with Gasteiger partial charge in [-0.25, -0.2) is 0 Å². The second kappa shape index (κ2) is 21.1. The molecule has 0 saturated heterocycles. The van der Waals surface area contributed by atoms with E-state index in [4.69, 9.17) is 13.8 Å². The number of esters is 1. The molecule has 0 aliphatic rings. The summed E-state index contributed by atoms with van der Waals surface area (Å²) < 4.78 is 27.0. The normalized spacial score (nSPS) is 15.0. The monoisotopic (exact) mass is 519 g/mol. The van der Waals surface area contributed by atoms with Gasteiger partial charge in [0.25, 0.3) is 7.82 Å². The molecule has 0 amide bonds. The van der Waals surface area contributed by atoms with Gasteiger partial charge in [0.2, 0.25) is 0 Å². The summed E-state index contributed by atoms with van der Waals surface area (Å²) in [5.74, 6) is -0.519. The van der Waals surface area contributed by atoms with E-state index in [1.807, 2.05) is 33.3 Å². The van der Waals surface area contributed by atoms with E-state index in [9.17, 15) is 19.4 Å². The second-order valence-electron chi connectivity index (χ2n) is 9.87. The van der Waals surface area contributed by atoms with E-state index in [0.717, 1.165) is 12.8 Å². The third-order valence-electron chi connectivity index (χ3n) is 5.28. The van der Waals surface area contributed by atoms with Gasteiger partial charge in [-0.15, -0.1) is 0 Å². The Balaban J connectivity index is 3.87. The average Bonchev–Trinajstić information content (AvgIpc) is 2.78. The van der Waals surface area contributed by atoms with Crippen LogP contribution in [0.15, 0.2) is 24.3 Å². The molecule has 1 N–H and O–H groups in total. The number of quaternary nitrogens is 1. The minimum atomic E-state index is -4.52. The number of carbonyl (C=O) groups excluding carboxylic acids is 1. The number of nitrogens with zero attached hydrogens (tertiary/aromatic N) is 1. The molecular formula is C26H50NO7P. The van der Waals surface area contributed by atoms with Crippen LogP contribution in [0.5, 0.6) is 0 Å². The lowest BCUT2D eigenvalue weighted by Gasteiger charge is -2.28. The van der Waals surface area contributed by atoms with Crippen LogP contribution in [0, 0.1) is 0 Å². The highest BCUT2D eigenvalue weighted by atomic mass is 31.2. The first-order valence-corrected chi connectivity index (χ1v) is 14.6. The van der Waals surface area contributed by atoms with Gasteiger partial charge in [-0.1, -0.05) is 76.2 Å². The molecule has 0 aromatic heterocycles. The number of carbonyl (C=O) groups is 1. The van der Waals surface area contributed by atoms with Gasteiger partial charge in [0.1, 0.15) is 19.3 Å². The topological polar surface area (TPSA) is 105 Å². The molecule has 0 fully saturated rings. The third-order valence-corrected chi connectivity index (χ3v) is 6.24. The Labute approximate surface area is 213 Å². The summed E-state index contributed by atoms with van der Waals surface area (Å²) in [6.07, 6.45) is 20.4. The van der Waals surface area contributed by atoms with E-state index in [2.05, 4.69) is 19.1 Å². The standard InChI is InChI=1S/C26H50NO7P/c1-5-6-7-8-9-10-11-12-13-14-15-16-17-18-19-20-26(29)34-25(23-28)24-33-35(30,31)32-22-21-27(2,3)4/h14-15,17-18,25,28H,5-13,16,19-24H2,1-4H3/b15-14-,18-17-. The molecule has 0 aromatic rings. The highest BCUT2D eigenvalue weighted by Gasteiger charge is 2.19. The maximum atomic E-state index is 11.9. The number of unbranched alkanes of at least 4 members (excludes halogenated alkanes) is 8. The van der Waals surface area contributed by atoms with Crippen molar-refractivity contribution in [1.29, 1.82) is 0 Å². The fourth-order valence-electron chi connectivity index (χ4n) is 3.11. The Morgan fingerprint density at radius 3 is 2.14 bits per heavy atom. The Morgan fingerprint density at radius 1 is 0.943 bits per heavy atom. The van der Waals surface area contributed by atoms with Gasteiger partial charge in [-0.05, 0) is 25.7 Å². The van der Waals surface area contributed by atoms with Crippen molar-refractivity contribution in [1.82, 2.24) is 0 Å². The number of phosphoric acid groups is 1. The molecule has 0 heterocycles. The van der Waals surface area contributed by atoms with E-state index >= 15 is 0 Å². The Hall–Kier alpha value is -1.02. The summed E-state index contributed by atoms with van der Waals surface area (Å²) in [4.78, 5) is 23.7. The molecule has 0 spiro atoms. The number of aliphatic hydroxyl groups excluding tert-OH is 1. The first-order chi connectivity index (χ1) is 16.6. The summed E-state index contributed by atoms with van der Waals surface area (Å²) in [7, 11) is 1.20. The first-order valence-electron chi connectivity index (χ1n) is 13.1. The number of hydrogen-bond acceptors (Lipinski definition) is 7. The van der Waals surface area contributed by atoms with Crippen molar-refractivity contribution >= 4 is 13.8 Å². The van der Waals surface area contributed by atoms with Gasteiger partial charge in [0, 0.05) is 6.42 Å². The molecule has 35 heavy (non-hydrogen) atoms. The summed E-state index contributed by atoms with van der Waals surface area (Å²) >= 11 is 0. The maximum absolute atomic E-state index is 11.9. The minimum Gasteiger partial charge on any atom is -0.756 e. The molecule has 2 unspecified atom stereocenters. The summed E-state index contributed by atoms with van der Waals surface area (Å²) in [5, 5.41) is 9.34. The first kappa shape index (κ1) is 34.0. The maximum Gasteiger partial charge on any atom is 0.306 e. The van der Waals surface area contributed by atoms with E-state index in [1.54, 1.807) is 0 Å². The molecular weight excluding hydrogens is 469 g/mol. The summed E-state index contributed by atoms with van der Waals surface area (Å²) in [6.45, 7) is 1.69. The van der Waals surface area contributed by atoms with Crippen LogP contribution in [-0.4, -0.2) is 69.2 Å².